The molecule has 0 aliphatic carbocycles. The van der Waals surface area contributed by atoms with Gasteiger partial charge in [-0.2, -0.15) is 0 Å². The Morgan fingerprint density at radius 3 is 2.89 bits per heavy atom. The van der Waals surface area contributed by atoms with Gasteiger partial charge in [-0.05, 0) is 30.0 Å². The molecule has 0 atom stereocenters. The molecule has 0 aliphatic heterocycles. The zero-order chi connectivity index (χ0) is 13.3. The van der Waals surface area contributed by atoms with Gasteiger partial charge in [0.05, 0.1) is 0 Å². The minimum absolute atomic E-state index is 0.0605. The molecular formula is C10H10ClN5OS. The number of nitrogens with zero attached hydrogens (tertiary/aromatic N) is 2. The van der Waals surface area contributed by atoms with Gasteiger partial charge in [0.15, 0.2) is 5.16 Å². The Bertz CT molecular complexity index is 663. The van der Waals surface area contributed by atoms with Crippen LogP contribution >= 0.6 is 23.4 Å². The Labute approximate surface area is 112 Å². The second-order valence-corrected chi connectivity index (χ2v) is 4.97. The summed E-state index contributed by atoms with van der Waals surface area (Å²) in [5, 5.41) is 14.7. The lowest BCUT2D eigenvalue weighted by Gasteiger charge is -2.07. The number of rotatable bonds is 3. The number of hydrogen-bond acceptors (Lipinski definition) is 4. The number of aromatic amines is 1. The van der Waals surface area contributed by atoms with Crippen molar-refractivity contribution < 1.29 is 0 Å². The third-order valence-electron chi connectivity index (χ3n) is 2.27. The number of nitrogens with one attached hydrogen (secondary N) is 2. The maximum Gasteiger partial charge on any atom is 0.343 e. The van der Waals surface area contributed by atoms with Crippen LogP contribution in [0.15, 0.2) is 33.0 Å². The average Bonchev–Trinajstić information content (AvgIpc) is 2.61. The van der Waals surface area contributed by atoms with Crippen molar-refractivity contribution in [3.8, 4) is 0 Å². The highest BCUT2D eigenvalue weighted by Gasteiger charge is 2.12. The molecular weight excluding hydrogens is 274 g/mol. The number of H-pyrrole nitrogens is 1. The van der Waals surface area contributed by atoms with Crippen LogP contribution in [0.3, 0.4) is 0 Å². The molecule has 0 bridgehead atoms. The van der Waals surface area contributed by atoms with Gasteiger partial charge in [0.25, 0.3) is 0 Å². The monoisotopic (exact) mass is 283 g/mol. The highest BCUT2D eigenvalue weighted by atomic mass is 35.5. The van der Waals surface area contributed by atoms with Crippen LogP contribution in [0.4, 0.5) is 0 Å². The van der Waals surface area contributed by atoms with E-state index in [0.717, 1.165) is 0 Å². The molecule has 0 spiro atoms. The summed E-state index contributed by atoms with van der Waals surface area (Å²) >= 11 is 7.13. The van der Waals surface area contributed by atoms with E-state index in [2.05, 4.69) is 10.2 Å². The fourth-order valence-corrected chi connectivity index (χ4v) is 2.54. The summed E-state index contributed by atoms with van der Waals surface area (Å²) < 4.78 is 1.37. The van der Waals surface area contributed by atoms with Crippen molar-refractivity contribution in [1.82, 2.24) is 14.8 Å². The lowest BCUT2D eigenvalue weighted by molar-refractivity contribution is 0.766. The molecule has 0 aliphatic rings. The SMILES string of the molecule is Cn1c(Sc2cc(Cl)ccc2C(=N)N)n[nH]c1=O. The van der Waals surface area contributed by atoms with Gasteiger partial charge in [-0.1, -0.05) is 11.6 Å². The van der Waals surface area contributed by atoms with Crippen LogP contribution in [0.25, 0.3) is 0 Å². The first kappa shape index (κ1) is 12.7. The van der Waals surface area contributed by atoms with Gasteiger partial charge in [-0.15, -0.1) is 5.10 Å². The zero-order valence-corrected chi connectivity index (χ0v) is 11.0. The second-order valence-electron chi connectivity index (χ2n) is 3.53. The predicted octanol–water partition coefficient (Wildman–Crippen LogP) is 1.20. The van der Waals surface area contributed by atoms with E-state index in [4.69, 9.17) is 22.7 Å². The number of nitrogen functional groups attached to an aromatic ring is 1. The molecule has 2 rings (SSSR count). The zero-order valence-electron chi connectivity index (χ0n) is 9.40. The summed E-state index contributed by atoms with van der Waals surface area (Å²) in [7, 11) is 1.60. The van der Waals surface area contributed by atoms with Crippen molar-refractivity contribution in [2.75, 3.05) is 0 Å². The average molecular weight is 284 g/mol. The maximum absolute atomic E-state index is 11.3. The highest BCUT2D eigenvalue weighted by Crippen LogP contribution is 2.30. The van der Waals surface area contributed by atoms with E-state index >= 15 is 0 Å². The van der Waals surface area contributed by atoms with E-state index in [0.29, 0.717) is 20.6 Å². The number of aromatic nitrogens is 3. The minimum atomic E-state index is -0.302. The van der Waals surface area contributed by atoms with Crippen LogP contribution in [0.2, 0.25) is 5.02 Å². The van der Waals surface area contributed by atoms with Crippen molar-refractivity contribution in [1.29, 1.82) is 5.41 Å². The second kappa shape index (κ2) is 4.87. The first-order chi connectivity index (χ1) is 8.49. The van der Waals surface area contributed by atoms with Crippen LogP contribution in [-0.2, 0) is 7.05 Å². The quantitative estimate of drug-likeness (QED) is 0.582. The molecule has 1 aromatic carbocycles. The van der Waals surface area contributed by atoms with E-state index in [-0.39, 0.29) is 11.5 Å². The number of amidine groups is 1. The van der Waals surface area contributed by atoms with Crippen LogP contribution in [0, 0.1) is 5.41 Å². The molecule has 0 unspecified atom stereocenters. The van der Waals surface area contributed by atoms with Crippen molar-refractivity contribution in [2.24, 2.45) is 12.8 Å². The summed E-state index contributed by atoms with van der Waals surface area (Å²) in [5.74, 6) is -0.0605. The van der Waals surface area contributed by atoms with Gasteiger partial charge in [0, 0.05) is 22.5 Å². The first-order valence-corrected chi connectivity index (χ1v) is 6.11. The number of benzene rings is 1. The summed E-state index contributed by atoms with van der Waals surface area (Å²) in [6.07, 6.45) is 0. The molecule has 0 saturated heterocycles. The van der Waals surface area contributed by atoms with Gasteiger partial charge < -0.3 is 5.73 Å². The fourth-order valence-electron chi connectivity index (χ4n) is 1.33. The molecule has 18 heavy (non-hydrogen) atoms. The molecule has 1 aromatic heterocycles. The Morgan fingerprint density at radius 2 is 2.33 bits per heavy atom. The number of nitrogens with two attached hydrogens (primary N) is 1. The van der Waals surface area contributed by atoms with Gasteiger partial charge >= 0.3 is 5.69 Å². The lowest BCUT2D eigenvalue weighted by Crippen LogP contribution is -2.14. The maximum atomic E-state index is 11.3. The topological polar surface area (TPSA) is 101 Å². The number of halogens is 1. The van der Waals surface area contributed by atoms with Crippen LogP contribution in [-0.4, -0.2) is 20.6 Å². The van der Waals surface area contributed by atoms with Crippen molar-refractivity contribution in [3.63, 3.8) is 0 Å². The standard InChI is InChI=1S/C10H10ClN5OS/c1-16-9(17)14-15-10(16)18-7-4-5(11)2-3-6(7)8(12)13/h2-4H,1H3,(H3,12,13)(H,14,17). The largest absolute Gasteiger partial charge is 0.384 e. The van der Waals surface area contributed by atoms with Crippen LogP contribution in [0.1, 0.15) is 5.56 Å². The van der Waals surface area contributed by atoms with E-state index in [9.17, 15) is 4.79 Å². The molecule has 94 valence electrons. The predicted molar refractivity (Wildman–Crippen MR) is 70.4 cm³/mol. The van der Waals surface area contributed by atoms with Crippen LogP contribution < -0.4 is 11.4 Å². The first-order valence-electron chi connectivity index (χ1n) is 4.92. The lowest BCUT2D eigenvalue weighted by atomic mass is 10.2. The molecule has 6 nitrogen and oxygen atoms in total. The van der Waals surface area contributed by atoms with Gasteiger partial charge in [0.1, 0.15) is 5.84 Å². The molecule has 0 fully saturated rings. The summed E-state index contributed by atoms with van der Waals surface area (Å²) in [6, 6.07) is 5.01. The van der Waals surface area contributed by atoms with E-state index < -0.39 is 0 Å². The van der Waals surface area contributed by atoms with E-state index in [1.165, 1.54) is 16.3 Å². The normalized spacial score (nSPS) is 10.6. The minimum Gasteiger partial charge on any atom is -0.384 e. The van der Waals surface area contributed by atoms with Gasteiger partial charge in [-0.25, -0.2) is 9.89 Å². The van der Waals surface area contributed by atoms with Gasteiger partial charge in [-0.3, -0.25) is 9.98 Å². The third-order valence-corrected chi connectivity index (χ3v) is 3.61. The highest BCUT2D eigenvalue weighted by molar-refractivity contribution is 7.99. The fraction of sp³-hybridized carbons (Fsp3) is 0.100. The summed E-state index contributed by atoms with van der Waals surface area (Å²) in [6.45, 7) is 0. The molecule has 8 heteroatoms. The Balaban J connectivity index is 2.45. The summed E-state index contributed by atoms with van der Waals surface area (Å²) in [4.78, 5) is 11.9. The molecule has 4 N–H and O–H groups in total. The third kappa shape index (κ3) is 2.41. The molecule has 0 radical (unpaired) electrons. The van der Waals surface area contributed by atoms with E-state index in [1.807, 2.05) is 0 Å². The molecule has 1 heterocycles. The van der Waals surface area contributed by atoms with Crippen molar-refractivity contribution >= 4 is 29.2 Å². The number of hydrogen-bond donors (Lipinski definition) is 3. The van der Waals surface area contributed by atoms with Crippen molar-refractivity contribution in [2.45, 2.75) is 10.1 Å². The Hall–Kier alpha value is -1.73. The molecule has 2 aromatic rings. The Kier molecular flexibility index (Phi) is 3.44. The Morgan fingerprint density at radius 1 is 1.61 bits per heavy atom. The van der Waals surface area contributed by atoms with E-state index in [1.54, 1.807) is 25.2 Å². The molecule has 0 saturated carbocycles. The van der Waals surface area contributed by atoms with Crippen molar-refractivity contribution in [3.05, 3.63) is 39.3 Å². The van der Waals surface area contributed by atoms with Crippen LogP contribution in [0.5, 0.6) is 0 Å². The summed E-state index contributed by atoms with van der Waals surface area (Å²) in [5.41, 5.74) is 5.75. The smallest absolute Gasteiger partial charge is 0.343 e. The molecule has 0 amide bonds. The van der Waals surface area contributed by atoms with Gasteiger partial charge in [0.2, 0.25) is 0 Å².